The first-order chi connectivity index (χ1) is 5.16. The standard InChI is InChI=1S/C10H21N/c1-4-9(2)7-10(3)5-6-11-8-10/h9,11H,4-8H2,1-3H3. The van der Waals surface area contributed by atoms with Gasteiger partial charge in [-0.25, -0.2) is 0 Å². The van der Waals surface area contributed by atoms with Crippen molar-refractivity contribution in [3.63, 3.8) is 0 Å². The van der Waals surface area contributed by atoms with Crippen molar-refractivity contribution in [2.24, 2.45) is 11.3 Å². The zero-order valence-corrected chi connectivity index (χ0v) is 8.11. The molecule has 0 bridgehead atoms. The van der Waals surface area contributed by atoms with Crippen LogP contribution in [0.25, 0.3) is 0 Å². The summed E-state index contributed by atoms with van der Waals surface area (Å²) in [5.41, 5.74) is 0.607. The van der Waals surface area contributed by atoms with E-state index in [2.05, 4.69) is 26.1 Å². The molecular weight excluding hydrogens is 134 g/mol. The molecule has 0 amide bonds. The predicted molar refractivity (Wildman–Crippen MR) is 49.7 cm³/mol. The van der Waals surface area contributed by atoms with E-state index in [1.807, 2.05) is 0 Å². The summed E-state index contributed by atoms with van der Waals surface area (Å²) < 4.78 is 0. The van der Waals surface area contributed by atoms with Crippen molar-refractivity contribution in [2.75, 3.05) is 13.1 Å². The Kier molecular flexibility index (Phi) is 2.94. The van der Waals surface area contributed by atoms with Crippen LogP contribution in [-0.4, -0.2) is 13.1 Å². The molecule has 2 atom stereocenters. The molecule has 0 aliphatic carbocycles. The third-order valence-corrected chi connectivity index (χ3v) is 3.00. The summed E-state index contributed by atoms with van der Waals surface area (Å²) in [6.07, 6.45) is 4.10. The summed E-state index contributed by atoms with van der Waals surface area (Å²) in [7, 11) is 0. The lowest BCUT2D eigenvalue weighted by molar-refractivity contribution is 0.272. The fourth-order valence-corrected chi connectivity index (χ4v) is 2.03. The van der Waals surface area contributed by atoms with Crippen molar-refractivity contribution < 1.29 is 0 Å². The lowest BCUT2D eigenvalue weighted by Crippen LogP contribution is -2.22. The number of hydrogen-bond donors (Lipinski definition) is 1. The van der Waals surface area contributed by atoms with Crippen LogP contribution in [0.4, 0.5) is 0 Å². The molecule has 1 heterocycles. The van der Waals surface area contributed by atoms with Crippen LogP contribution in [0.5, 0.6) is 0 Å². The highest BCUT2D eigenvalue weighted by Gasteiger charge is 2.29. The van der Waals surface area contributed by atoms with Gasteiger partial charge in [0.15, 0.2) is 0 Å². The van der Waals surface area contributed by atoms with Gasteiger partial charge in [-0.3, -0.25) is 0 Å². The van der Waals surface area contributed by atoms with Crippen LogP contribution in [0, 0.1) is 11.3 Å². The van der Waals surface area contributed by atoms with E-state index in [4.69, 9.17) is 0 Å². The predicted octanol–water partition coefficient (Wildman–Crippen LogP) is 2.42. The third-order valence-electron chi connectivity index (χ3n) is 3.00. The van der Waals surface area contributed by atoms with E-state index in [-0.39, 0.29) is 0 Å². The molecule has 1 aliphatic rings. The van der Waals surface area contributed by atoms with Crippen molar-refractivity contribution in [1.29, 1.82) is 0 Å². The van der Waals surface area contributed by atoms with Gasteiger partial charge in [-0.15, -0.1) is 0 Å². The Labute approximate surface area is 70.6 Å². The molecule has 0 aromatic rings. The molecule has 1 nitrogen and oxygen atoms in total. The molecular formula is C10H21N. The Morgan fingerprint density at radius 2 is 2.27 bits per heavy atom. The Morgan fingerprint density at radius 1 is 1.55 bits per heavy atom. The molecule has 1 N–H and O–H groups in total. The number of rotatable bonds is 3. The second-order valence-electron chi connectivity index (χ2n) is 4.45. The normalized spacial score (nSPS) is 34.1. The van der Waals surface area contributed by atoms with Crippen LogP contribution >= 0.6 is 0 Å². The quantitative estimate of drug-likeness (QED) is 0.660. The third kappa shape index (κ3) is 2.48. The van der Waals surface area contributed by atoms with Gasteiger partial charge in [-0.05, 0) is 30.7 Å². The molecule has 1 aliphatic heterocycles. The van der Waals surface area contributed by atoms with Crippen LogP contribution in [0.15, 0.2) is 0 Å². The van der Waals surface area contributed by atoms with Crippen molar-refractivity contribution in [3.8, 4) is 0 Å². The van der Waals surface area contributed by atoms with Crippen molar-refractivity contribution in [1.82, 2.24) is 5.32 Å². The first kappa shape index (κ1) is 9.05. The Morgan fingerprint density at radius 3 is 2.73 bits per heavy atom. The van der Waals surface area contributed by atoms with E-state index in [1.54, 1.807) is 0 Å². The zero-order valence-electron chi connectivity index (χ0n) is 8.11. The summed E-state index contributed by atoms with van der Waals surface area (Å²) in [6, 6.07) is 0. The lowest BCUT2D eigenvalue weighted by Gasteiger charge is -2.25. The highest BCUT2D eigenvalue weighted by atomic mass is 14.9. The van der Waals surface area contributed by atoms with Gasteiger partial charge < -0.3 is 5.32 Å². The SMILES string of the molecule is CCC(C)CC1(C)CCNC1. The van der Waals surface area contributed by atoms with E-state index in [0.717, 1.165) is 5.92 Å². The minimum Gasteiger partial charge on any atom is -0.316 e. The number of nitrogens with one attached hydrogen (secondary N) is 1. The molecule has 0 aromatic heterocycles. The van der Waals surface area contributed by atoms with E-state index < -0.39 is 0 Å². The average molecular weight is 155 g/mol. The fourth-order valence-electron chi connectivity index (χ4n) is 2.03. The second kappa shape index (κ2) is 3.57. The van der Waals surface area contributed by atoms with Gasteiger partial charge in [0, 0.05) is 6.54 Å². The molecule has 1 saturated heterocycles. The maximum atomic E-state index is 3.44. The van der Waals surface area contributed by atoms with E-state index in [9.17, 15) is 0 Å². The summed E-state index contributed by atoms with van der Waals surface area (Å²) in [5.74, 6) is 0.903. The molecule has 66 valence electrons. The van der Waals surface area contributed by atoms with Crippen LogP contribution in [0.1, 0.15) is 40.0 Å². The van der Waals surface area contributed by atoms with Gasteiger partial charge in [-0.2, -0.15) is 0 Å². The maximum absolute atomic E-state index is 3.44. The summed E-state index contributed by atoms with van der Waals surface area (Å²) >= 11 is 0. The van der Waals surface area contributed by atoms with Crippen molar-refractivity contribution in [2.45, 2.75) is 40.0 Å². The van der Waals surface area contributed by atoms with E-state index >= 15 is 0 Å². The maximum Gasteiger partial charge on any atom is 0.000574 e. The van der Waals surface area contributed by atoms with Crippen LogP contribution in [0.2, 0.25) is 0 Å². The smallest absolute Gasteiger partial charge is 0.000574 e. The largest absolute Gasteiger partial charge is 0.316 e. The first-order valence-electron chi connectivity index (χ1n) is 4.87. The topological polar surface area (TPSA) is 12.0 Å². The second-order valence-corrected chi connectivity index (χ2v) is 4.45. The minimum atomic E-state index is 0.607. The minimum absolute atomic E-state index is 0.607. The molecule has 0 spiro atoms. The first-order valence-corrected chi connectivity index (χ1v) is 4.87. The highest BCUT2D eigenvalue weighted by Crippen LogP contribution is 2.32. The van der Waals surface area contributed by atoms with Crippen LogP contribution in [-0.2, 0) is 0 Å². The van der Waals surface area contributed by atoms with Crippen molar-refractivity contribution >= 4 is 0 Å². The average Bonchev–Trinajstić information content (AvgIpc) is 2.36. The lowest BCUT2D eigenvalue weighted by atomic mass is 9.80. The Balaban J connectivity index is 2.33. The zero-order chi connectivity index (χ0) is 8.32. The van der Waals surface area contributed by atoms with E-state index in [0.29, 0.717) is 5.41 Å². The molecule has 11 heavy (non-hydrogen) atoms. The Bertz CT molecular complexity index is 114. The molecule has 1 rings (SSSR count). The van der Waals surface area contributed by atoms with Gasteiger partial charge in [0.2, 0.25) is 0 Å². The molecule has 2 unspecified atom stereocenters. The molecule has 0 aromatic carbocycles. The van der Waals surface area contributed by atoms with E-state index in [1.165, 1.54) is 32.4 Å². The van der Waals surface area contributed by atoms with Gasteiger partial charge in [0.25, 0.3) is 0 Å². The Hall–Kier alpha value is -0.0400. The van der Waals surface area contributed by atoms with Gasteiger partial charge in [0.1, 0.15) is 0 Å². The van der Waals surface area contributed by atoms with Crippen LogP contribution < -0.4 is 5.32 Å². The van der Waals surface area contributed by atoms with Gasteiger partial charge >= 0.3 is 0 Å². The molecule has 0 radical (unpaired) electrons. The van der Waals surface area contributed by atoms with Crippen molar-refractivity contribution in [3.05, 3.63) is 0 Å². The monoisotopic (exact) mass is 155 g/mol. The summed E-state index contributed by atoms with van der Waals surface area (Å²) in [6.45, 7) is 9.53. The molecule has 0 saturated carbocycles. The number of hydrogen-bond acceptors (Lipinski definition) is 1. The van der Waals surface area contributed by atoms with Gasteiger partial charge in [0.05, 0.1) is 0 Å². The summed E-state index contributed by atoms with van der Waals surface area (Å²) in [5, 5.41) is 3.44. The van der Waals surface area contributed by atoms with Crippen LogP contribution in [0.3, 0.4) is 0 Å². The summed E-state index contributed by atoms with van der Waals surface area (Å²) in [4.78, 5) is 0. The molecule has 1 heteroatoms. The highest BCUT2D eigenvalue weighted by molar-refractivity contribution is 4.84. The fraction of sp³-hybridized carbons (Fsp3) is 1.00. The molecule has 1 fully saturated rings. The van der Waals surface area contributed by atoms with Gasteiger partial charge in [-0.1, -0.05) is 27.2 Å².